The van der Waals surface area contributed by atoms with E-state index in [0.717, 1.165) is 5.56 Å². The minimum Gasteiger partial charge on any atom is -0.493 e. The van der Waals surface area contributed by atoms with Gasteiger partial charge in [0.15, 0.2) is 11.5 Å². The normalized spacial score (nSPS) is 14.9. The number of nitrogens with two attached hydrogens (primary N) is 1. The van der Waals surface area contributed by atoms with Crippen molar-refractivity contribution in [1.29, 1.82) is 0 Å². The van der Waals surface area contributed by atoms with E-state index in [-0.39, 0.29) is 30.7 Å². The summed E-state index contributed by atoms with van der Waals surface area (Å²) >= 11 is 0. The Kier molecular flexibility index (Phi) is 4.35. The highest BCUT2D eigenvalue weighted by Gasteiger charge is 2.27. The zero-order valence-corrected chi connectivity index (χ0v) is 12.0. The summed E-state index contributed by atoms with van der Waals surface area (Å²) in [7, 11) is 1.61. The van der Waals surface area contributed by atoms with Gasteiger partial charge in [-0.25, -0.2) is 0 Å². The van der Waals surface area contributed by atoms with E-state index in [9.17, 15) is 0 Å². The number of hydrogen-bond donors (Lipinski definition) is 1. The average Bonchev–Trinajstić information content (AvgIpc) is 2.73. The Hall–Kier alpha value is -1.13. The summed E-state index contributed by atoms with van der Waals surface area (Å²) in [5.74, 6) is 2.05. The lowest BCUT2D eigenvalue weighted by molar-refractivity contribution is 0.171. The molecule has 0 aromatic heterocycles. The molecule has 0 fully saturated rings. The monoisotopic (exact) mass is 273 g/mol. The molecule has 1 aromatic carbocycles. The first-order chi connectivity index (χ1) is 7.93. The van der Waals surface area contributed by atoms with E-state index >= 15 is 0 Å². The van der Waals surface area contributed by atoms with Crippen molar-refractivity contribution in [2.24, 2.45) is 11.1 Å². The van der Waals surface area contributed by atoms with Crippen molar-refractivity contribution in [3.05, 3.63) is 17.7 Å². The van der Waals surface area contributed by atoms with Gasteiger partial charge in [0.1, 0.15) is 0 Å². The van der Waals surface area contributed by atoms with Gasteiger partial charge in [0.25, 0.3) is 0 Å². The van der Waals surface area contributed by atoms with Crippen LogP contribution in [0.15, 0.2) is 12.1 Å². The highest BCUT2D eigenvalue weighted by Crippen LogP contribution is 2.44. The molecule has 1 aliphatic heterocycles. The molecule has 102 valence electrons. The van der Waals surface area contributed by atoms with Crippen LogP contribution < -0.4 is 19.9 Å². The second-order valence-electron chi connectivity index (χ2n) is 5.30. The topological polar surface area (TPSA) is 53.7 Å². The third-order valence-electron chi connectivity index (χ3n) is 2.97. The molecule has 4 nitrogen and oxygen atoms in total. The van der Waals surface area contributed by atoms with Crippen LogP contribution in [0, 0.1) is 5.41 Å². The van der Waals surface area contributed by atoms with Gasteiger partial charge in [-0.3, -0.25) is 0 Å². The average molecular weight is 274 g/mol. The molecular formula is C13H20ClNO3. The van der Waals surface area contributed by atoms with Gasteiger partial charge in [-0.05, 0) is 23.1 Å². The molecule has 0 saturated heterocycles. The number of ether oxygens (including phenoxy) is 3. The van der Waals surface area contributed by atoms with Gasteiger partial charge in [0, 0.05) is 6.04 Å². The third-order valence-corrected chi connectivity index (χ3v) is 2.97. The first-order valence-corrected chi connectivity index (χ1v) is 5.66. The fraction of sp³-hybridized carbons (Fsp3) is 0.538. The molecule has 0 radical (unpaired) electrons. The standard InChI is InChI=1S/C13H19NO3.ClH/c1-13(2,3)12(14)8-5-9(15-4)11-10(6-8)16-7-17-11;/h5-6,12H,7,14H2,1-4H3;1H/t12-;/m0./s1. The quantitative estimate of drug-likeness (QED) is 0.900. The highest BCUT2D eigenvalue weighted by atomic mass is 35.5. The van der Waals surface area contributed by atoms with E-state index in [4.69, 9.17) is 19.9 Å². The second-order valence-corrected chi connectivity index (χ2v) is 5.30. The zero-order valence-electron chi connectivity index (χ0n) is 11.1. The van der Waals surface area contributed by atoms with E-state index in [2.05, 4.69) is 20.8 Å². The van der Waals surface area contributed by atoms with E-state index in [1.54, 1.807) is 7.11 Å². The molecule has 1 atom stereocenters. The molecule has 1 heterocycles. The molecule has 0 unspecified atom stereocenters. The van der Waals surface area contributed by atoms with Crippen molar-refractivity contribution in [3.63, 3.8) is 0 Å². The fourth-order valence-corrected chi connectivity index (χ4v) is 1.83. The van der Waals surface area contributed by atoms with Gasteiger partial charge in [-0.15, -0.1) is 12.4 Å². The summed E-state index contributed by atoms with van der Waals surface area (Å²) in [5.41, 5.74) is 7.22. The molecule has 1 aliphatic rings. The molecule has 0 bridgehead atoms. The van der Waals surface area contributed by atoms with Crippen LogP contribution in [0.1, 0.15) is 32.4 Å². The SMILES string of the molecule is COc1cc([C@H](N)C(C)(C)C)cc2c1OCO2.Cl. The lowest BCUT2D eigenvalue weighted by Gasteiger charge is -2.27. The summed E-state index contributed by atoms with van der Waals surface area (Å²) in [6, 6.07) is 3.77. The summed E-state index contributed by atoms with van der Waals surface area (Å²) in [6.07, 6.45) is 0. The van der Waals surface area contributed by atoms with Crippen LogP contribution in [0.4, 0.5) is 0 Å². The van der Waals surface area contributed by atoms with Gasteiger partial charge < -0.3 is 19.9 Å². The summed E-state index contributed by atoms with van der Waals surface area (Å²) in [4.78, 5) is 0. The zero-order chi connectivity index (χ0) is 12.6. The second kappa shape index (κ2) is 5.24. The van der Waals surface area contributed by atoms with Crippen LogP contribution in [-0.4, -0.2) is 13.9 Å². The van der Waals surface area contributed by atoms with Crippen LogP contribution in [0.25, 0.3) is 0 Å². The molecule has 5 heteroatoms. The lowest BCUT2D eigenvalue weighted by atomic mass is 9.83. The van der Waals surface area contributed by atoms with Crippen molar-refractivity contribution in [2.45, 2.75) is 26.8 Å². The third kappa shape index (κ3) is 2.65. The maximum atomic E-state index is 6.24. The molecule has 18 heavy (non-hydrogen) atoms. The van der Waals surface area contributed by atoms with E-state index in [1.807, 2.05) is 12.1 Å². The van der Waals surface area contributed by atoms with Gasteiger partial charge in [-0.2, -0.15) is 0 Å². The summed E-state index contributed by atoms with van der Waals surface area (Å²) < 4.78 is 16.0. The Morgan fingerprint density at radius 3 is 2.50 bits per heavy atom. The molecule has 0 amide bonds. The molecule has 0 spiro atoms. The van der Waals surface area contributed by atoms with Crippen LogP contribution >= 0.6 is 12.4 Å². The predicted molar refractivity (Wildman–Crippen MR) is 72.7 cm³/mol. The molecule has 0 saturated carbocycles. The molecule has 2 rings (SSSR count). The number of rotatable bonds is 2. The van der Waals surface area contributed by atoms with Gasteiger partial charge in [-0.1, -0.05) is 20.8 Å². The maximum Gasteiger partial charge on any atom is 0.231 e. The van der Waals surface area contributed by atoms with Crippen molar-refractivity contribution in [2.75, 3.05) is 13.9 Å². The Morgan fingerprint density at radius 1 is 1.28 bits per heavy atom. The van der Waals surface area contributed by atoms with E-state index in [0.29, 0.717) is 17.2 Å². The number of fused-ring (bicyclic) bond motifs is 1. The van der Waals surface area contributed by atoms with Crippen LogP contribution in [0.5, 0.6) is 17.2 Å². The Bertz CT molecular complexity index is 429. The van der Waals surface area contributed by atoms with Crippen LogP contribution in [0.3, 0.4) is 0 Å². The minimum absolute atomic E-state index is 0. The Labute approximate surface area is 114 Å². The molecule has 0 aliphatic carbocycles. The lowest BCUT2D eigenvalue weighted by Crippen LogP contribution is -2.26. The minimum atomic E-state index is -0.0779. The number of hydrogen-bond acceptors (Lipinski definition) is 4. The molecule has 1 aromatic rings. The number of methoxy groups -OCH3 is 1. The molecular weight excluding hydrogens is 254 g/mol. The Balaban J connectivity index is 0.00000162. The predicted octanol–water partition coefficient (Wildman–Crippen LogP) is 2.89. The Morgan fingerprint density at radius 2 is 1.94 bits per heavy atom. The number of benzene rings is 1. The van der Waals surface area contributed by atoms with Crippen molar-refractivity contribution in [3.8, 4) is 17.2 Å². The fourth-order valence-electron chi connectivity index (χ4n) is 1.83. The largest absolute Gasteiger partial charge is 0.493 e. The first kappa shape index (κ1) is 14.9. The van der Waals surface area contributed by atoms with E-state index < -0.39 is 0 Å². The van der Waals surface area contributed by atoms with Crippen molar-refractivity contribution >= 4 is 12.4 Å². The molecule has 2 N–H and O–H groups in total. The van der Waals surface area contributed by atoms with Gasteiger partial charge in [0.05, 0.1) is 7.11 Å². The van der Waals surface area contributed by atoms with Gasteiger partial charge >= 0.3 is 0 Å². The smallest absolute Gasteiger partial charge is 0.231 e. The van der Waals surface area contributed by atoms with Gasteiger partial charge in [0.2, 0.25) is 12.5 Å². The van der Waals surface area contributed by atoms with Crippen LogP contribution in [-0.2, 0) is 0 Å². The highest BCUT2D eigenvalue weighted by molar-refractivity contribution is 5.85. The first-order valence-electron chi connectivity index (χ1n) is 5.66. The van der Waals surface area contributed by atoms with Crippen molar-refractivity contribution < 1.29 is 14.2 Å². The summed E-state index contributed by atoms with van der Waals surface area (Å²) in [6.45, 7) is 6.55. The number of halogens is 1. The summed E-state index contributed by atoms with van der Waals surface area (Å²) in [5, 5.41) is 0. The van der Waals surface area contributed by atoms with Crippen molar-refractivity contribution in [1.82, 2.24) is 0 Å². The maximum absolute atomic E-state index is 6.24. The van der Waals surface area contributed by atoms with Crippen LogP contribution in [0.2, 0.25) is 0 Å². The van der Waals surface area contributed by atoms with E-state index in [1.165, 1.54) is 0 Å².